The van der Waals surface area contributed by atoms with Crippen LogP contribution in [0.15, 0.2) is 48.5 Å². The van der Waals surface area contributed by atoms with Crippen molar-refractivity contribution in [1.82, 2.24) is 0 Å². The van der Waals surface area contributed by atoms with Gasteiger partial charge in [-0.15, -0.1) is 0 Å². The number of benzene rings is 2. The van der Waals surface area contributed by atoms with E-state index in [1.54, 1.807) is 0 Å². The lowest BCUT2D eigenvalue weighted by atomic mass is 10.2. The van der Waals surface area contributed by atoms with Crippen LogP contribution in [0.25, 0.3) is 0 Å². The van der Waals surface area contributed by atoms with Gasteiger partial charge in [0.1, 0.15) is 18.1 Å². The van der Waals surface area contributed by atoms with Crippen molar-refractivity contribution in [2.24, 2.45) is 0 Å². The van der Waals surface area contributed by atoms with Crippen molar-refractivity contribution < 1.29 is 14.2 Å². The molecule has 1 unspecified atom stereocenters. The maximum Gasteiger partial charge on any atom is 0.124 e. The zero-order valence-corrected chi connectivity index (χ0v) is 15.6. The van der Waals surface area contributed by atoms with Gasteiger partial charge >= 0.3 is 0 Å². The van der Waals surface area contributed by atoms with Crippen LogP contribution in [0.3, 0.4) is 0 Å². The van der Waals surface area contributed by atoms with Crippen LogP contribution in [-0.2, 0) is 11.3 Å². The highest BCUT2D eigenvalue weighted by Crippen LogP contribution is 2.23. The number of hydrogen-bond donors (Lipinski definition) is 1. The van der Waals surface area contributed by atoms with E-state index < -0.39 is 0 Å². The van der Waals surface area contributed by atoms with Gasteiger partial charge in [0.25, 0.3) is 0 Å². The second-order valence-corrected chi connectivity index (χ2v) is 6.64. The van der Waals surface area contributed by atoms with Crippen LogP contribution < -0.4 is 14.8 Å². The standard InChI is InChI=1S/C22H29NO3/c1-2-3-13-25-22-12-5-4-8-18(22)16-23-19-9-6-10-20(15-19)26-17-21-11-7-14-24-21/h4-6,8-10,12,15,21,23H,2-3,7,11,13-14,16-17H2,1H3. The van der Waals surface area contributed by atoms with Crippen LogP contribution in [0.4, 0.5) is 5.69 Å². The molecule has 2 aromatic carbocycles. The number of unbranched alkanes of at least 4 members (excludes halogenated alkanes) is 1. The summed E-state index contributed by atoms with van der Waals surface area (Å²) < 4.78 is 17.4. The van der Waals surface area contributed by atoms with E-state index in [2.05, 4.69) is 24.4 Å². The maximum absolute atomic E-state index is 5.91. The van der Waals surface area contributed by atoms with Crippen molar-refractivity contribution in [2.45, 2.75) is 45.3 Å². The van der Waals surface area contributed by atoms with Crippen molar-refractivity contribution in [2.75, 3.05) is 25.1 Å². The molecule has 0 saturated carbocycles. The number of rotatable bonds is 10. The Morgan fingerprint density at radius 3 is 2.88 bits per heavy atom. The van der Waals surface area contributed by atoms with Crippen LogP contribution in [0.5, 0.6) is 11.5 Å². The van der Waals surface area contributed by atoms with E-state index in [1.807, 2.05) is 36.4 Å². The van der Waals surface area contributed by atoms with Gasteiger partial charge in [0.2, 0.25) is 0 Å². The average Bonchev–Trinajstić information content (AvgIpc) is 3.20. The smallest absolute Gasteiger partial charge is 0.124 e. The predicted molar refractivity (Wildman–Crippen MR) is 105 cm³/mol. The Labute approximate surface area is 156 Å². The Balaban J connectivity index is 1.53. The molecule has 1 aliphatic heterocycles. The highest BCUT2D eigenvalue weighted by molar-refractivity contribution is 5.49. The van der Waals surface area contributed by atoms with E-state index >= 15 is 0 Å². The molecule has 1 heterocycles. The van der Waals surface area contributed by atoms with Crippen molar-refractivity contribution >= 4 is 5.69 Å². The summed E-state index contributed by atoms with van der Waals surface area (Å²) in [5.41, 5.74) is 2.20. The molecule has 2 aromatic rings. The van der Waals surface area contributed by atoms with Crippen molar-refractivity contribution in [3.63, 3.8) is 0 Å². The van der Waals surface area contributed by atoms with Crippen LogP contribution in [0.2, 0.25) is 0 Å². The van der Waals surface area contributed by atoms with Crippen LogP contribution in [-0.4, -0.2) is 25.9 Å². The Morgan fingerprint density at radius 1 is 1.12 bits per heavy atom. The monoisotopic (exact) mass is 355 g/mol. The summed E-state index contributed by atoms with van der Waals surface area (Å²) >= 11 is 0. The molecule has 4 nitrogen and oxygen atoms in total. The molecule has 4 heteroatoms. The molecule has 0 aromatic heterocycles. The van der Waals surface area contributed by atoms with Gasteiger partial charge in [0, 0.05) is 30.5 Å². The summed E-state index contributed by atoms with van der Waals surface area (Å²) in [5, 5.41) is 3.47. The minimum Gasteiger partial charge on any atom is -0.493 e. The average molecular weight is 355 g/mol. The summed E-state index contributed by atoms with van der Waals surface area (Å²) in [5.74, 6) is 1.83. The predicted octanol–water partition coefficient (Wildman–Crippen LogP) is 5.04. The second-order valence-electron chi connectivity index (χ2n) is 6.64. The summed E-state index contributed by atoms with van der Waals surface area (Å²) in [6.45, 7) is 5.13. The van der Waals surface area contributed by atoms with E-state index in [0.717, 1.165) is 68.2 Å². The Morgan fingerprint density at radius 2 is 2.04 bits per heavy atom. The normalized spacial score (nSPS) is 16.4. The highest BCUT2D eigenvalue weighted by Gasteiger charge is 2.16. The number of hydrogen-bond acceptors (Lipinski definition) is 4. The lowest BCUT2D eigenvalue weighted by Gasteiger charge is -2.14. The van der Waals surface area contributed by atoms with E-state index in [4.69, 9.17) is 14.2 Å². The quantitative estimate of drug-likeness (QED) is 0.606. The number of anilines is 1. The van der Waals surface area contributed by atoms with Crippen LogP contribution in [0, 0.1) is 0 Å². The Kier molecular flexibility index (Phi) is 7.20. The molecule has 1 atom stereocenters. The lowest BCUT2D eigenvalue weighted by molar-refractivity contribution is 0.0680. The lowest BCUT2D eigenvalue weighted by Crippen LogP contribution is -2.16. The molecule has 1 aliphatic rings. The SMILES string of the molecule is CCCCOc1ccccc1CNc1cccc(OCC2CCCO2)c1. The van der Waals surface area contributed by atoms with Crippen molar-refractivity contribution in [3.8, 4) is 11.5 Å². The van der Waals surface area contributed by atoms with Crippen LogP contribution >= 0.6 is 0 Å². The molecule has 140 valence electrons. The Hall–Kier alpha value is -2.20. The minimum atomic E-state index is 0.235. The van der Waals surface area contributed by atoms with Gasteiger partial charge in [0.05, 0.1) is 12.7 Å². The fourth-order valence-corrected chi connectivity index (χ4v) is 2.98. The zero-order chi connectivity index (χ0) is 18.0. The van der Waals surface area contributed by atoms with E-state index in [9.17, 15) is 0 Å². The van der Waals surface area contributed by atoms with Gasteiger partial charge in [0.15, 0.2) is 0 Å². The van der Waals surface area contributed by atoms with Gasteiger partial charge in [-0.1, -0.05) is 37.6 Å². The molecule has 0 spiro atoms. The summed E-state index contributed by atoms with van der Waals surface area (Å²) in [6, 6.07) is 16.3. The summed E-state index contributed by atoms with van der Waals surface area (Å²) in [6.07, 6.45) is 4.67. The van der Waals surface area contributed by atoms with Crippen LogP contribution in [0.1, 0.15) is 38.2 Å². The van der Waals surface area contributed by atoms with Gasteiger partial charge in [-0.2, -0.15) is 0 Å². The third-order valence-electron chi connectivity index (χ3n) is 4.50. The first-order valence-electron chi connectivity index (χ1n) is 9.64. The molecule has 1 fully saturated rings. The number of para-hydroxylation sites is 1. The molecule has 1 N–H and O–H groups in total. The third-order valence-corrected chi connectivity index (χ3v) is 4.50. The van der Waals surface area contributed by atoms with Gasteiger partial charge in [-0.05, 0) is 37.5 Å². The van der Waals surface area contributed by atoms with Gasteiger partial charge in [-0.25, -0.2) is 0 Å². The Bertz CT molecular complexity index is 668. The number of ether oxygens (including phenoxy) is 3. The molecule has 0 radical (unpaired) electrons. The van der Waals surface area contributed by atoms with E-state index in [1.165, 1.54) is 0 Å². The summed E-state index contributed by atoms with van der Waals surface area (Å²) in [4.78, 5) is 0. The van der Waals surface area contributed by atoms with Gasteiger partial charge < -0.3 is 19.5 Å². The van der Waals surface area contributed by atoms with E-state index in [0.29, 0.717) is 6.61 Å². The molecular weight excluding hydrogens is 326 g/mol. The number of nitrogens with one attached hydrogen (secondary N) is 1. The molecule has 0 bridgehead atoms. The maximum atomic E-state index is 5.91. The molecule has 3 rings (SSSR count). The summed E-state index contributed by atoms with van der Waals surface area (Å²) in [7, 11) is 0. The largest absolute Gasteiger partial charge is 0.493 e. The highest BCUT2D eigenvalue weighted by atomic mass is 16.5. The third kappa shape index (κ3) is 5.67. The molecular formula is C22H29NO3. The van der Waals surface area contributed by atoms with Crippen molar-refractivity contribution in [1.29, 1.82) is 0 Å². The molecule has 0 aliphatic carbocycles. The fraction of sp³-hybridized carbons (Fsp3) is 0.455. The topological polar surface area (TPSA) is 39.7 Å². The second kappa shape index (κ2) is 10.1. The van der Waals surface area contributed by atoms with Crippen molar-refractivity contribution in [3.05, 3.63) is 54.1 Å². The minimum absolute atomic E-state index is 0.235. The first-order valence-corrected chi connectivity index (χ1v) is 9.64. The molecule has 26 heavy (non-hydrogen) atoms. The molecule has 0 amide bonds. The fourth-order valence-electron chi connectivity index (χ4n) is 2.98. The first kappa shape index (κ1) is 18.6. The van der Waals surface area contributed by atoms with Gasteiger partial charge in [-0.3, -0.25) is 0 Å². The first-order chi connectivity index (χ1) is 12.8. The zero-order valence-electron chi connectivity index (χ0n) is 15.6. The molecule has 1 saturated heterocycles. The van der Waals surface area contributed by atoms with E-state index in [-0.39, 0.29) is 6.10 Å².